The van der Waals surface area contributed by atoms with E-state index in [-0.39, 0.29) is 5.91 Å². The fourth-order valence-corrected chi connectivity index (χ4v) is 3.72. The van der Waals surface area contributed by atoms with Crippen molar-refractivity contribution in [2.75, 3.05) is 0 Å². The van der Waals surface area contributed by atoms with Crippen LogP contribution in [0.5, 0.6) is 0 Å². The van der Waals surface area contributed by atoms with Crippen molar-refractivity contribution >= 4 is 5.91 Å². The Balaban J connectivity index is 1.56. The first-order valence-electron chi connectivity index (χ1n) is 7.41. The van der Waals surface area contributed by atoms with Crippen LogP contribution in [0.3, 0.4) is 0 Å². The normalized spacial score (nSPS) is 27.8. The van der Waals surface area contributed by atoms with Crippen molar-refractivity contribution in [2.45, 2.75) is 43.8 Å². The summed E-state index contributed by atoms with van der Waals surface area (Å²) < 4.78 is 0. The van der Waals surface area contributed by atoms with E-state index in [4.69, 9.17) is 0 Å². The number of fused-ring (bicyclic) bond motifs is 2. The fraction of sp³-hybridized carbons (Fsp3) is 0.467. The van der Waals surface area contributed by atoms with Crippen molar-refractivity contribution < 1.29 is 4.79 Å². The van der Waals surface area contributed by atoms with E-state index in [1.165, 1.54) is 0 Å². The minimum Gasteiger partial charge on any atom is -0.332 e. The molecule has 4 heterocycles. The van der Waals surface area contributed by atoms with Gasteiger partial charge in [0.05, 0.1) is 24.0 Å². The van der Waals surface area contributed by atoms with Gasteiger partial charge in [-0.05, 0) is 37.8 Å². The Bertz CT molecular complexity index is 613. The van der Waals surface area contributed by atoms with Gasteiger partial charge in [-0.2, -0.15) is 15.0 Å². The number of amides is 1. The smallest absolute Gasteiger partial charge is 0.255 e. The zero-order valence-corrected chi connectivity index (χ0v) is 11.7. The number of piperidine rings is 1. The highest BCUT2D eigenvalue weighted by atomic mass is 16.2. The van der Waals surface area contributed by atoms with Gasteiger partial charge >= 0.3 is 0 Å². The standard InChI is InChI=1S/C15H17N5O/c21-15(11-2-1-5-16-10-11)19-12-3-4-13(19)9-14(8-12)20-17-6-7-18-20/h1-2,5-7,10,12-14H,3-4,8-9H2. The van der Waals surface area contributed by atoms with Crippen LogP contribution < -0.4 is 0 Å². The van der Waals surface area contributed by atoms with Crippen molar-refractivity contribution in [3.05, 3.63) is 42.5 Å². The third-order valence-corrected chi connectivity index (χ3v) is 4.61. The van der Waals surface area contributed by atoms with E-state index in [2.05, 4.69) is 20.1 Å². The van der Waals surface area contributed by atoms with Gasteiger partial charge in [-0.3, -0.25) is 9.78 Å². The number of hydrogen-bond donors (Lipinski definition) is 0. The summed E-state index contributed by atoms with van der Waals surface area (Å²) in [4.78, 5) is 20.6. The van der Waals surface area contributed by atoms with Gasteiger partial charge in [0.2, 0.25) is 0 Å². The van der Waals surface area contributed by atoms with Gasteiger partial charge in [0.15, 0.2) is 0 Å². The lowest BCUT2D eigenvalue weighted by atomic mass is 9.97. The van der Waals surface area contributed by atoms with Crippen molar-refractivity contribution in [3.63, 3.8) is 0 Å². The molecule has 0 spiro atoms. The molecule has 2 fully saturated rings. The molecule has 1 amide bonds. The van der Waals surface area contributed by atoms with Crippen LogP contribution in [-0.2, 0) is 0 Å². The number of carbonyl (C=O) groups is 1. The molecule has 0 radical (unpaired) electrons. The molecule has 2 aliphatic heterocycles. The van der Waals surface area contributed by atoms with Crippen LogP contribution in [0, 0.1) is 0 Å². The SMILES string of the molecule is O=C(c1cccnc1)N1C2CCC1CC(n1nccn1)C2. The molecule has 21 heavy (non-hydrogen) atoms. The summed E-state index contributed by atoms with van der Waals surface area (Å²) >= 11 is 0. The Kier molecular flexibility index (Phi) is 2.94. The molecule has 4 rings (SSSR count). The number of aromatic nitrogens is 4. The third-order valence-electron chi connectivity index (χ3n) is 4.61. The predicted octanol–water partition coefficient (Wildman–Crippen LogP) is 1.68. The van der Waals surface area contributed by atoms with E-state index in [0.717, 1.165) is 25.7 Å². The molecular formula is C15H17N5O. The van der Waals surface area contributed by atoms with E-state index < -0.39 is 0 Å². The summed E-state index contributed by atoms with van der Waals surface area (Å²) in [5.41, 5.74) is 0.685. The molecule has 6 heteroatoms. The van der Waals surface area contributed by atoms with E-state index in [0.29, 0.717) is 23.7 Å². The lowest BCUT2D eigenvalue weighted by Crippen LogP contribution is -2.47. The minimum absolute atomic E-state index is 0.113. The fourth-order valence-electron chi connectivity index (χ4n) is 3.72. The number of pyridine rings is 1. The molecular weight excluding hydrogens is 266 g/mol. The number of rotatable bonds is 2. The Hall–Kier alpha value is -2.24. The molecule has 2 aliphatic rings. The second-order valence-corrected chi connectivity index (χ2v) is 5.81. The first kappa shape index (κ1) is 12.5. The monoisotopic (exact) mass is 283 g/mol. The quantitative estimate of drug-likeness (QED) is 0.841. The molecule has 2 aromatic heterocycles. The highest BCUT2D eigenvalue weighted by Gasteiger charge is 2.44. The summed E-state index contributed by atoms with van der Waals surface area (Å²) in [5, 5.41) is 8.51. The maximum Gasteiger partial charge on any atom is 0.255 e. The second kappa shape index (κ2) is 4.95. The Morgan fingerprint density at radius 1 is 1.05 bits per heavy atom. The zero-order chi connectivity index (χ0) is 14.2. The number of nitrogens with zero attached hydrogens (tertiary/aromatic N) is 5. The van der Waals surface area contributed by atoms with Crippen LogP contribution in [0.25, 0.3) is 0 Å². The first-order chi connectivity index (χ1) is 10.3. The van der Waals surface area contributed by atoms with Crippen LogP contribution in [0.4, 0.5) is 0 Å². The van der Waals surface area contributed by atoms with Crippen LogP contribution in [0.1, 0.15) is 42.1 Å². The van der Waals surface area contributed by atoms with Crippen LogP contribution in [-0.4, -0.2) is 42.9 Å². The Labute approximate surface area is 122 Å². The summed E-state index contributed by atoms with van der Waals surface area (Å²) in [6, 6.07) is 4.57. The molecule has 2 atom stereocenters. The summed E-state index contributed by atoms with van der Waals surface area (Å²) in [5.74, 6) is 0.113. The second-order valence-electron chi connectivity index (χ2n) is 5.81. The van der Waals surface area contributed by atoms with Crippen molar-refractivity contribution in [1.29, 1.82) is 0 Å². The maximum absolute atomic E-state index is 12.7. The average Bonchev–Trinajstić information content (AvgIpc) is 3.14. The van der Waals surface area contributed by atoms with E-state index >= 15 is 0 Å². The predicted molar refractivity (Wildman–Crippen MR) is 75.5 cm³/mol. The van der Waals surface area contributed by atoms with Crippen LogP contribution in [0.2, 0.25) is 0 Å². The molecule has 0 aromatic carbocycles. The molecule has 2 aromatic rings. The lowest BCUT2D eigenvalue weighted by Gasteiger charge is -2.38. The minimum atomic E-state index is 0.113. The number of carbonyl (C=O) groups excluding carboxylic acids is 1. The molecule has 0 saturated carbocycles. The molecule has 2 unspecified atom stereocenters. The average molecular weight is 283 g/mol. The highest BCUT2D eigenvalue weighted by Crippen LogP contribution is 2.40. The zero-order valence-electron chi connectivity index (χ0n) is 11.7. The van der Waals surface area contributed by atoms with Crippen molar-refractivity contribution in [3.8, 4) is 0 Å². The van der Waals surface area contributed by atoms with Crippen molar-refractivity contribution in [2.24, 2.45) is 0 Å². The van der Waals surface area contributed by atoms with Crippen LogP contribution >= 0.6 is 0 Å². The summed E-state index contributed by atoms with van der Waals surface area (Å²) in [7, 11) is 0. The van der Waals surface area contributed by atoms with Gasteiger partial charge in [-0.25, -0.2) is 0 Å². The Morgan fingerprint density at radius 2 is 1.76 bits per heavy atom. The summed E-state index contributed by atoms with van der Waals surface area (Å²) in [6.45, 7) is 0. The lowest BCUT2D eigenvalue weighted by molar-refractivity contribution is 0.0512. The van der Waals surface area contributed by atoms with Gasteiger partial charge in [0.1, 0.15) is 0 Å². The topological polar surface area (TPSA) is 63.9 Å². The van der Waals surface area contributed by atoms with Gasteiger partial charge in [0, 0.05) is 24.5 Å². The molecule has 2 saturated heterocycles. The largest absolute Gasteiger partial charge is 0.332 e. The molecule has 0 N–H and O–H groups in total. The molecule has 2 bridgehead atoms. The summed E-state index contributed by atoms with van der Waals surface area (Å²) in [6.07, 6.45) is 10.8. The van der Waals surface area contributed by atoms with E-state index in [9.17, 15) is 4.79 Å². The Morgan fingerprint density at radius 3 is 2.38 bits per heavy atom. The molecule has 6 nitrogen and oxygen atoms in total. The molecule has 0 aliphatic carbocycles. The van der Waals surface area contributed by atoms with E-state index in [1.54, 1.807) is 29.6 Å². The molecule has 108 valence electrons. The van der Waals surface area contributed by atoms with Crippen LogP contribution in [0.15, 0.2) is 36.9 Å². The highest BCUT2D eigenvalue weighted by molar-refractivity contribution is 5.94. The third kappa shape index (κ3) is 2.11. The number of hydrogen-bond acceptors (Lipinski definition) is 4. The van der Waals surface area contributed by atoms with E-state index in [1.807, 2.05) is 12.1 Å². The maximum atomic E-state index is 12.7. The van der Waals surface area contributed by atoms with Gasteiger partial charge in [-0.1, -0.05) is 0 Å². The van der Waals surface area contributed by atoms with Gasteiger partial charge in [-0.15, -0.1) is 0 Å². The first-order valence-corrected chi connectivity index (χ1v) is 7.41. The van der Waals surface area contributed by atoms with Gasteiger partial charge < -0.3 is 4.90 Å². The van der Waals surface area contributed by atoms with Gasteiger partial charge in [0.25, 0.3) is 5.91 Å². The van der Waals surface area contributed by atoms with Crippen molar-refractivity contribution in [1.82, 2.24) is 24.9 Å².